The van der Waals surface area contributed by atoms with E-state index in [1.54, 1.807) is 0 Å². The maximum Gasteiger partial charge on any atom is 0.245 e. The second-order valence-electron chi connectivity index (χ2n) is 12.7. The lowest BCUT2D eigenvalue weighted by atomic mass is 9.88. The second kappa shape index (κ2) is 11.4. The van der Waals surface area contributed by atoms with Gasteiger partial charge >= 0.3 is 0 Å². The lowest BCUT2D eigenvalue weighted by molar-refractivity contribution is -0.319. The van der Waals surface area contributed by atoms with Crippen LogP contribution in [0.25, 0.3) is 0 Å². The van der Waals surface area contributed by atoms with E-state index in [1.807, 2.05) is 9.80 Å². The predicted octanol–water partition coefficient (Wildman–Crippen LogP) is 2.57. The molecule has 1 spiro atoms. The summed E-state index contributed by atoms with van der Waals surface area (Å²) in [7, 11) is 4.15. The van der Waals surface area contributed by atoms with Crippen LogP contribution in [0, 0.1) is 17.3 Å². The van der Waals surface area contributed by atoms with E-state index < -0.39 is 11.8 Å². The summed E-state index contributed by atoms with van der Waals surface area (Å²) in [6, 6.07) is -0.616. The van der Waals surface area contributed by atoms with Gasteiger partial charge in [0.2, 0.25) is 11.8 Å². The minimum atomic E-state index is -0.608. The van der Waals surface area contributed by atoms with Gasteiger partial charge in [0.1, 0.15) is 6.04 Å². The molecule has 3 saturated heterocycles. The summed E-state index contributed by atoms with van der Waals surface area (Å²) < 4.78 is 12.7. The number of piperidine rings is 1. The Balaban J connectivity index is 1.68. The third kappa shape index (κ3) is 6.96. The monoisotopic (exact) mass is 494 g/mol. The fraction of sp³-hybridized carbons (Fsp3) is 0.926. The summed E-state index contributed by atoms with van der Waals surface area (Å²) in [5.74, 6) is 0.282. The van der Waals surface area contributed by atoms with Crippen LogP contribution in [0.15, 0.2) is 0 Å². The Morgan fingerprint density at radius 1 is 1.14 bits per heavy atom. The molecule has 8 heteroatoms. The van der Waals surface area contributed by atoms with E-state index in [2.05, 4.69) is 65.9 Å². The highest BCUT2D eigenvalue weighted by atomic mass is 16.7. The molecule has 0 unspecified atom stereocenters. The van der Waals surface area contributed by atoms with Gasteiger partial charge in [-0.2, -0.15) is 0 Å². The molecule has 1 N–H and O–H groups in total. The summed E-state index contributed by atoms with van der Waals surface area (Å²) in [4.78, 5) is 33.3. The first-order valence-corrected chi connectivity index (χ1v) is 13.6. The van der Waals surface area contributed by atoms with Crippen molar-refractivity contribution in [3.8, 4) is 0 Å². The van der Waals surface area contributed by atoms with Gasteiger partial charge < -0.3 is 29.5 Å². The average Bonchev–Trinajstić information content (AvgIpc) is 2.75. The van der Waals surface area contributed by atoms with Crippen molar-refractivity contribution in [1.29, 1.82) is 0 Å². The van der Waals surface area contributed by atoms with Crippen LogP contribution in [0.3, 0.4) is 0 Å². The van der Waals surface area contributed by atoms with E-state index in [1.165, 1.54) is 0 Å². The van der Waals surface area contributed by atoms with Crippen LogP contribution in [0.4, 0.5) is 0 Å². The number of likely N-dealkylation sites (tertiary alicyclic amines) is 1. The maximum absolute atomic E-state index is 13.9. The van der Waals surface area contributed by atoms with E-state index in [4.69, 9.17) is 9.47 Å². The standard InChI is InChI=1S/C27H50N4O4/c1-19(2)13-22-24(32)31(12-10-28-22)23(14-20(3)4)25(33)30-11-9-27(15-21(30)5)34-17-26(6,18-35-27)16-29(7)8/h19-23,28H,9-18H2,1-8H3/t21-,22-,23-,26?,27?/m0/s1. The summed E-state index contributed by atoms with van der Waals surface area (Å²) in [6.45, 7) is 17.0. The molecule has 3 atom stereocenters. The zero-order chi connectivity index (χ0) is 26.0. The lowest BCUT2D eigenvalue weighted by Gasteiger charge is -2.51. The fourth-order valence-corrected chi connectivity index (χ4v) is 6.03. The lowest BCUT2D eigenvalue weighted by Crippen LogP contribution is -2.64. The van der Waals surface area contributed by atoms with Crippen molar-refractivity contribution < 1.29 is 19.1 Å². The number of carbonyl (C=O) groups is 2. The van der Waals surface area contributed by atoms with Gasteiger partial charge in [0.05, 0.1) is 19.3 Å². The van der Waals surface area contributed by atoms with Crippen molar-refractivity contribution in [2.75, 3.05) is 53.5 Å². The van der Waals surface area contributed by atoms with Crippen LogP contribution in [0.1, 0.15) is 67.2 Å². The van der Waals surface area contributed by atoms with Crippen molar-refractivity contribution in [3.63, 3.8) is 0 Å². The molecule has 202 valence electrons. The average molecular weight is 495 g/mol. The van der Waals surface area contributed by atoms with Crippen LogP contribution in [0.5, 0.6) is 0 Å². The number of piperazine rings is 1. The second-order valence-corrected chi connectivity index (χ2v) is 12.7. The van der Waals surface area contributed by atoms with Gasteiger partial charge in [0.15, 0.2) is 5.79 Å². The van der Waals surface area contributed by atoms with Crippen molar-refractivity contribution in [2.24, 2.45) is 17.3 Å². The molecule has 2 amide bonds. The maximum atomic E-state index is 13.9. The minimum Gasteiger partial charge on any atom is -0.349 e. The Morgan fingerprint density at radius 3 is 2.34 bits per heavy atom. The van der Waals surface area contributed by atoms with Crippen LogP contribution < -0.4 is 5.32 Å². The first-order chi connectivity index (χ1) is 16.3. The number of hydrogen-bond acceptors (Lipinski definition) is 6. The van der Waals surface area contributed by atoms with Crippen LogP contribution in [-0.4, -0.2) is 104 Å². The van der Waals surface area contributed by atoms with Gasteiger partial charge in [-0.05, 0) is 45.7 Å². The molecule has 35 heavy (non-hydrogen) atoms. The summed E-state index contributed by atoms with van der Waals surface area (Å²) >= 11 is 0. The molecule has 0 aromatic carbocycles. The third-order valence-electron chi connectivity index (χ3n) is 7.61. The highest BCUT2D eigenvalue weighted by Gasteiger charge is 2.49. The molecule has 8 nitrogen and oxygen atoms in total. The fourth-order valence-electron chi connectivity index (χ4n) is 6.03. The molecular formula is C27H50N4O4. The molecule has 3 rings (SSSR count). The number of ether oxygens (including phenoxy) is 2. The third-order valence-corrected chi connectivity index (χ3v) is 7.61. The topological polar surface area (TPSA) is 74.3 Å². The first kappa shape index (κ1) is 28.4. The Kier molecular flexibility index (Phi) is 9.27. The molecule has 3 aliphatic heterocycles. The van der Waals surface area contributed by atoms with E-state index in [9.17, 15) is 9.59 Å². The van der Waals surface area contributed by atoms with Crippen molar-refractivity contribution in [2.45, 2.75) is 91.1 Å². The molecule has 3 fully saturated rings. The molecule has 0 radical (unpaired) electrons. The van der Waals surface area contributed by atoms with Crippen molar-refractivity contribution in [3.05, 3.63) is 0 Å². The number of rotatable bonds is 8. The summed E-state index contributed by atoms with van der Waals surface area (Å²) in [5, 5.41) is 3.37. The normalized spacial score (nSPS) is 33.3. The van der Waals surface area contributed by atoms with Gasteiger partial charge in [-0.1, -0.05) is 34.6 Å². The number of carbonyl (C=O) groups excluding carboxylic acids is 2. The molecule has 0 aromatic heterocycles. The molecule has 3 heterocycles. The number of amides is 2. The molecule has 0 aliphatic carbocycles. The smallest absolute Gasteiger partial charge is 0.245 e. The molecule has 0 saturated carbocycles. The Hall–Kier alpha value is -1.22. The Bertz CT molecular complexity index is 733. The number of nitrogens with one attached hydrogen (secondary N) is 1. The highest BCUT2D eigenvalue weighted by molar-refractivity contribution is 5.90. The summed E-state index contributed by atoms with van der Waals surface area (Å²) in [5.41, 5.74) is -0.0253. The molecular weight excluding hydrogens is 444 g/mol. The molecule has 3 aliphatic rings. The Morgan fingerprint density at radius 2 is 1.80 bits per heavy atom. The Labute approximate surface area is 213 Å². The number of nitrogens with zero attached hydrogens (tertiary/aromatic N) is 3. The zero-order valence-corrected chi connectivity index (χ0v) is 23.4. The van der Waals surface area contributed by atoms with E-state index >= 15 is 0 Å². The van der Waals surface area contributed by atoms with Gasteiger partial charge in [0.25, 0.3) is 0 Å². The van der Waals surface area contributed by atoms with E-state index in [0.29, 0.717) is 57.4 Å². The first-order valence-electron chi connectivity index (χ1n) is 13.6. The number of hydrogen-bond donors (Lipinski definition) is 1. The van der Waals surface area contributed by atoms with Gasteiger partial charge in [0, 0.05) is 50.5 Å². The summed E-state index contributed by atoms with van der Waals surface area (Å²) in [6.07, 6.45) is 2.81. The van der Waals surface area contributed by atoms with Gasteiger partial charge in [-0.15, -0.1) is 0 Å². The van der Waals surface area contributed by atoms with E-state index in [-0.39, 0.29) is 29.3 Å². The predicted molar refractivity (Wildman–Crippen MR) is 138 cm³/mol. The van der Waals surface area contributed by atoms with Crippen LogP contribution >= 0.6 is 0 Å². The van der Waals surface area contributed by atoms with Crippen LogP contribution in [0.2, 0.25) is 0 Å². The van der Waals surface area contributed by atoms with Crippen molar-refractivity contribution in [1.82, 2.24) is 20.0 Å². The van der Waals surface area contributed by atoms with Gasteiger partial charge in [-0.25, -0.2) is 0 Å². The molecule has 0 bridgehead atoms. The SMILES string of the molecule is CC(C)C[C@@H]1NCCN([C@@H](CC(C)C)C(=O)N2CCC3(C[C@@H]2C)OCC(C)(CN(C)C)CO3)C1=O. The molecule has 0 aromatic rings. The van der Waals surface area contributed by atoms with E-state index in [0.717, 1.165) is 19.5 Å². The quantitative estimate of drug-likeness (QED) is 0.559. The van der Waals surface area contributed by atoms with Crippen molar-refractivity contribution >= 4 is 11.8 Å². The highest BCUT2D eigenvalue weighted by Crippen LogP contribution is 2.39. The largest absolute Gasteiger partial charge is 0.349 e. The zero-order valence-electron chi connectivity index (χ0n) is 23.4. The van der Waals surface area contributed by atoms with Crippen LogP contribution in [-0.2, 0) is 19.1 Å². The van der Waals surface area contributed by atoms with Gasteiger partial charge in [-0.3, -0.25) is 9.59 Å². The minimum absolute atomic E-state index is 0.00593.